The zero-order valence-corrected chi connectivity index (χ0v) is 8.09. The number of rotatable bonds is 1. The normalized spacial score (nSPS) is 39.6. The molecule has 74 valence electrons. The first-order valence-electron chi connectivity index (χ1n) is 4.95. The average Bonchev–Trinajstić information content (AvgIpc) is 2.78. The molecule has 0 saturated heterocycles. The van der Waals surface area contributed by atoms with Crippen molar-refractivity contribution >= 4 is 0 Å². The topological polar surface area (TPSA) is 50.9 Å². The van der Waals surface area contributed by atoms with Crippen LogP contribution in [0.5, 0.6) is 0 Å². The van der Waals surface area contributed by atoms with Gasteiger partial charge in [0.2, 0.25) is 0 Å². The molecule has 1 saturated carbocycles. The summed E-state index contributed by atoms with van der Waals surface area (Å²) in [5, 5.41) is 14.6. The summed E-state index contributed by atoms with van der Waals surface area (Å²) in [5.41, 5.74) is -0.773. The Balaban J connectivity index is 2.06. The molecule has 1 aromatic rings. The highest BCUT2D eigenvalue weighted by Crippen LogP contribution is 2.50. The van der Waals surface area contributed by atoms with Crippen LogP contribution in [0.2, 0.25) is 0 Å². The second kappa shape index (κ2) is 2.45. The van der Waals surface area contributed by atoms with Crippen molar-refractivity contribution in [2.45, 2.75) is 18.4 Å². The van der Waals surface area contributed by atoms with Crippen LogP contribution in [0.1, 0.15) is 18.7 Å². The number of aromatic nitrogens is 3. The van der Waals surface area contributed by atoms with E-state index >= 15 is 0 Å². The van der Waals surface area contributed by atoms with Gasteiger partial charge >= 0.3 is 0 Å². The monoisotopic (exact) mass is 191 g/mol. The van der Waals surface area contributed by atoms with Crippen molar-refractivity contribution in [2.75, 3.05) is 0 Å². The van der Waals surface area contributed by atoms with Crippen molar-refractivity contribution in [3.05, 3.63) is 24.3 Å². The van der Waals surface area contributed by atoms with Crippen LogP contribution in [0.4, 0.5) is 0 Å². The van der Waals surface area contributed by atoms with E-state index in [9.17, 15) is 5.11 Å². The van der Waals surface area contributed by atoms with Crippen molar-refractivity contribution in [1.82, 2.24) is 14.8 Å². The van der Waals surface area contributed by atoms with E-state index in [4.69, 9.17) is 0 Å². The molecule has 3 rings (SSSR count). The zero-order chi connectivity index (χ0) is 9.76. The average molecular weight is 191 g/mol. The molecule has 4 nitrogen and oxygen atoms in total. The molecule has 0 radical (unpaired) electrons. The van der Waals surface area contributed by atoms with Crippen molar-refractivity contribution in [2.24, 2.45) is 18.9 Å². The Morgan fingerprint density at radius 2 is 2.43 bits per heavy atom. The lowest BCUT2D eigenvalue weighted by molar-refractivity contribution is -0.00177. The molecule has 14 heavy (non-hydrogen) atoms. The van der Waals surface area contributed by atoms with Crippen LogP contribution < -0.4 is 0 Å². The smallest absolute Gasteiger partial charge is 0.159 e. The van der Waals surface area contributed by atoms with Crippen molar-refractivity contribution < 1.29 is 5.11 Å². The molecular formula is C10H13N3O. The summed E-state index contributed by atoms with van der Waals surface area (Å²) in [7, 11) is 1.83. The minimum Gasteiger partial charge on any atom is -0.381 e. The van der Waals surface area contributed by atoms with E-state index in [1.165, 1.54) is 6.33 Å². The fourth-order valence-corrected chi connectivity index (χ4v) is 2.78. The summed E-state index contributed by atoms with van der Waals surface area (Å²) >= 11 is 0. The SMILES string of the molecule is Cn1ncnc1C1(O)CC2C=CC1C2. The molecule has 1 N–H and O–H groups in total. The molecule has 4 heteroatoms. The molecule has 0 spiro atoms. The standard InChI is InChI=1S/C10H13N3O/c1-13-9(11-6-12-13)10(14)5-7-2-3-8(10)4-7/h2-3,6-8,14H,4-5H2,1H3. The summed E-state index contributed by atoms with van der Waals surface area (Å²) in [4.78, 5) is 4.16. The second-order valence-electron chi connectivity index (χ2n) is 4.32. The van der Waals surface area contributed by atoms with Gasteiger partial charge in [-0.05, 0) is 18.8 Å². The van der Waals surface area contributed by atoms with Crippen LogP contribution in [0.3, 0.4) is 0 Å². The van der Waals surface area contributed by atoms with Gasteiger partial charge in [0.25, 0.3) is 0 Å². The van der Waals surface area contributed by atoms with Crippen LogP contribution in [0, 0.1) is 11.8 Å². The number of fused-ring (bicyclic) bond motifs is 2. The molecule has 1 heterocycles. The minimum absolute atomic E-state index is 0.232. The van der Waals surface area contributed by atoms with E-state index in [2.05, 4.69) is 22.2 Å². The number of aryl methyl sites for hydroxylation is 1. The lowest BCUT2D eigenvalue weighted by Gasteiger charge is -2.28. The predicted octanol–water partition coefficient (Wildman–Crippen LogP) is 0.599. The molecule has 0 aliphatic heterocycles. The highest BCUT2D eigenvalue weighted by atomic mass is 16.3. The summed E-state index contributed by atoms with van der Waals surface area (Å²) in [6, 6.07) is 0. The van der Waals surface area contributed by atoms with Crippen molar-refractivity contribution in [1.29, 1.82) is 0 Å². The van der Waals surface area contributed by atoms with Gasteiger partial charge in [-0.1, -0.05) is 12.2 Å². The predicted molar refractivity (Wildman–Crippen MR) is 50.3 cm³/mol. The van der Waals surface area contributed by atoms with Crippen LogP contribution in [0.25, 0.3) is 0 Å². The van der Waals surface area contributed by atoms with Crippen molar-refractivity contribution in [3.63, 3.8) is 0 Å². The van der Waals surface area contributed by atoms with Crippen LogP contribution in [0.15, 0.2) is 18.5 Å². The molecule has 2 bridgehead atoms. The van der Waals surface area contributed by atoms with E-state index in [1.54, 1.807) is 4.68 Å². The van der Waals surface area contributed by atoms with Gasteiger partial charge in [0, 0.05) is 13.0 Å². The highest BCUT2D eigenvalue weighted by molar-refractivity contribution is 5.21. The Bertz CT molecular complexity index is 398. The Morgan fingerprint density at radius 1 is 1.57 bits per heavy atom. The number of aliphatic hydroxyl groups is 1. The van der Waals surface area contributed by atoms with Gasteiger partial charge in [0.15, 0.2) is 5.82 Å². The van der Waals surface area contributed by atoms with Crippen molar-refractivity contribution in [3.8, 4) is 0 Å². The maximum absolute atomic E-state index is 10.5. The van der Waals surface area contributed by atoms with Gasteiger partial charge in [0.1, 0.15) is 11.9 Å². The molecule has 0 amide bonds. The van der Waals surface area contributed by atoms with E-state index < -0.39 is 5.60 Å². The fourth-order valence-electron chi connectivity index (χ4n) is 2.78. The molecule has 3 unspecified atom stereocenters. The second-order valence-corrected chi connectivity index (χ2v) is 4.32. The Morgan fingerprint density at radius 3 is 2.93 bits per heavy atom. The first-order valence-corrected chi connectivity index (χ1v) is 4.95. The fraction of sp³-hybridized carbons (Fsp3) is 0.600. The molecule has 0 aromatic carbocycles. The van der Waals surface area contributed by atoms with E-state index in [0.29, 0.717) is 11.7 Å². The summed E-state index contributed by atoms with van der Waals surface area (Å²) in [6.07, 6.45) is 7.67. The summed E-state index contributed by atoms with van der Waals surface area (Å²) in [5.74, 6) is 1.46. The quantitative estimate of drug-likeness (QED) is 0.661. The van der Waals surface area contributed by atoms with Gasteiger partial charge in [-0.15, -0.1) is 0 Å². The van der Waals surface area contributed by atoms with Gasteiger partial charge in [-0.25, -0.2) is 4.98 Å². The minimum atomic E-state index is -0.773. The summed E-state index contributed by atoms with van der Waals surface area (Å²) in [6.45, 7) is 0. The first kappa shape index (κ1) is 8.17. The Labute approximate surface area is 82.3 Å². The lowest BCUT2D eigenvalue weighted by Crippen LogP contribution is -2.33. The third-order valence-electron chi connectivity index (χ3n) is 3.46. The maximum atomic E-state index is 10.5. The van der Waals surface area contributed by atoms with Gasteiger partial charge in [0.05, 0.1) is 0 Å². The molecule has 3 atom stereocenters. The number of hydrogen-bond donors (Lipinski definition) is 1. The van der Waals surface area contributed by atoms with Crippen LogP contribution >= 0.6 is 0 Å². The van der Waals surface area contributed by atoms with Gasteiger partial charge in [-0.2, -0.15) is 5.10 Å². The molecule has 2 aliphatic rings. The number of allylic oxidation sites excluding steroid dienone is 1. The zero-order valence-electron chi connectivity index (χ0n) is 8.09. The number of nitrogens with zero attached hydrogens (tertiary/aromatic N) is 3. The molecule has 1 fully saturated rings. The molecule has 1 aromatic heterocycles. The lowest BCUT2D eigenvalue weighted by atomic mass is 9.87. The van der Waals surface area contributed by atoms with E-state index in [-0.39, 0.29) is 5.92 Å². The Kier molecular flexibility index (Phi) is 1.43. The summed E-state index contributed by atoms with van der Waals surface area (Å²) < 4.78 is 1.68. The third kappa shape index (κ3) is 0.865. The molecular weight excluding hydrogens is 178 g/mol. The van der Waals surface area contributed by atoms with Gasteiger partial charge < -0.3 is 5.11 Å². The maximum Gasteiger partial charge on any atom is 0.159 e. The number of hydrogen-bond acceptors (Lipinski definition) is 3. The van der Waals surface area contributed by atoms with Gasteiger partial charge in [-0.3, -0.25) is 4.68 Å². The van der Waals surface area contributed by atoms with Crippen LogP contribution in [-0.2, 0) is 12.6 Å². The first-order chi connectivity index (χ1) is 6.70. The Hall–Kier alpha value is -1.16. The molecule has 2 aliphatic carbocycles. The third-order valence-corrected chi connectivity index (χ3v) is 3.46. The largest absolute Gasteiger partial charge is 0.381 e. The van der Waals surface area contributed by atoms with E-state index in [1.807, 2.05) is 7.05 Å². The highest BCUT2D eigenvalue weighted by Gasteiger charge is 2.50. The van der Waals surface area contributed by atoms with E-state index in [0.717, 1.165) is 12.8 Å². The van der Waals surface area contributed by atoms with Crippen LogP contribution in [-0.4, -0.2) is 19.9 Å².